The number of H-pyrrole nitrogens is 1. The van der Waals surface area contributed by atoms with E-state index >= 15 is 0 Å². The van der Waals surface area contributed by atoms with Gasteiger partial charge in [-0.15, -0.1) is 5.10 Å². The van der Waals surface area contributed by atoms with Gasteiger partial charge in [0.15, 0.2) is 0 Å². The molecule has 1 aliphatic rings. The third kappa shape index (κ3) is 2.55. The van der Waals surface area contributed by atoms with Gasteiger partial charge in [0.1, 0.15) is 17.5 Å². The first kappa shape index (κ1) is 14.2. The van der Waals surface area contributed by atoms with Crippen LogP contribution in [-0.4, -0.2) is 37.9 Å². The van der Waals surface area contributed by atoms with Crippen molar-refractivity contribution in [2.75, 3.05) is 13.1 Å². The molecule has 3 aromatic heterocycles. The van der Waals surface area contributed by atoms with E-state index in [0.717, 1.165) is 41.6 Å². The quantitative estimate of drug-likeness (QED) is 0.568. The van der Waals surface area contributed by atoms with Crippen LogP contribution in [0.5, 0.6) is 0 Å². The van der Waals surface area contributed by atoms with Gasteiger partial charge in [-0.2, -0.15) is 5.26 Å². The van der Waals surface area contributed by atoms with Gasteiger partial charge in [0, 0.05) is 17.5 Å². The van der Waals surface area contributed by atoms with Crippen LogP contribution in [0.15, 0.2) is 18.6 Å². The van der Waals surface area contributed by atoms with Crippen molar-refractivity contribution in [1.29, 1.82) is 5.26 Å². The van der Waals surface area contributed by atoms with E-state index in [2.05, 4.69) is 31.7 Å². The van der Waals surface area contributed by atoms with Crippen molar-refractivity contribution < 1.29 is 0 Å². The Morgan fingerprint density at radius 1 is 1.35 bits per heavy atom. The highest BCUT2D eigenvalue weighted by atomic mass is 15.4. The molecule has 4 rings (SSSR count). The van der Waals surface area contributed by atoms with Crippen LogP contribution < -0.4 is 5.32 Å². The molecule has 3 aromatic rings. The van der Waals surface area contributed by atoms with Crippen molar-refractivity contribution in [3.05, 3.63) is 24.3 Å². The summed E-state index contributed by atoms with van der Waals surface area (Å²) in [6, 6.07) is 4.18. The number of nitriles is 1. The van der Waals surface area contributed by atoms with E-state index in [1.165, 1.54) is 12.8 Å². The van der Waals surface area contributed by atoms with E-state index in [1.807, 2.05) is 12.3 Å². The highest BCUT2D eigenvalue weighted by molar-refractivity contribution is 5.92. The van der Waals surface area contributed by atoms with Crippen molar-refractivity contribution in [1.82, 2.24) is 30.1 Å². The van der Waals surface area contributed by atoms with Crippen LogP contribution in [0.2, 0.25) is 0 Å². The SMILES string of the molecule is N#CCNCC1CCC(c2nnn3cnc4[nH]ccc4c23)CC1. The van der Waals surface area contributed by atoms with E-state index in [1.54, 1.807) is 10.8 Å². The number of hydrogen-bond acceptors (Lipinski definition) is 5. The average molecular weight is 309 g/mol. The van der Waals surface area contributed by atoms with Crippen LogP contribution in [0.1, 0.15) is 37.3 Å². The van der Waals surface area contributed by atoms with Crippen LogP contribution >= 0.6 is 0 Å². The molecule has 0 unspecified atom stereocenters. The Kier molecular flexibility index (Phi) is 3.67. The number of hydrogen-bond donors (Lipinski definition) is 2. The molecule has 7 heteroatoms. The fourth-order valence-corrected chi connectivity index (χ4v) is 3.67. The van der Waals surface area contributed by atoms with E-state index in [9.17, 15) is 0 Å². The second-order valence-electron chi connectivity index (χ2n) is 6.26. The van der Waals surface area contributed by atoms with E-state index < -0.39 is 0 Å². The molecule has 1 saturated carbocycles. The van der Waals surface area contributed by atoms with Crippen LogP contribution in [0.25, 0.3) is 16.6 Å². The van der Waals surface area contributed by atoms with Crippen molar-refractivity contribution >= 4 is 16.6 Å². The molecule has 0 spiro atoms. The molecule has 1 aliphatic carbocycles. The minimum absolute atomic E-state index is 0.438. The molecule has 0 radical (unpaired) electrons. The molecule has 0 aromatic carbocycles. The standard InChI is InChI=1S/C16H19N7/c17-6-8-18-9-11-1-3-12(4-2-11)14-15-13-5-7-19-16(13)20-10-23(15)22-21-14/h5,7,10-12,18-19H,1-4,8-9H2. The van der Waals surface area contributed by atoms with E-state index in [0.29, 0.717) is 18.4 Å². The van der Waals surface area contributed by atoms with E-state index in [-0.39, 0.29) is 0 Å². The van der Waals surface area contributed by atoms with Gasteiger partial charge in [-0.1, -0.05) is 5.21 Å². The predicted octanol–water partition coefficient (Wildman–Crippen LogP) is 1.99. The molecule has 3 heterocycles. The van der Waals surface area contributed by atoms with Gasteiger partial charge < -0.3 is 10.3 Å². The Labute approximate surface area is 133 Å². The van der Waals surface area contributed by atoms with Crippen molar-refractivity contribution in [3.63, 3.8) is 0 Å². The average Bonchev–Trinajstić information content (AvgIpc) is 3.21. The van der Waals surface area contributed by atoms with Gasteiger partial charge in [0.25, 0.3) is 0 Å². The zero-order valence-corrected chi connectivity index (χ0v) is 12.9. The van der Waals surface area contributed by atoms with E-state index in [4.69, 9.17) is 5.26 Å². The van der Waals surface area contributed by atoms with Crippen LogP contribution in [0.3, 0.4) is 0 Å². The molecule has 1 fully saturated rings. The molecule has 0 saturated heterocycles. The summed E-state index contributed by atoms with van der Waals surface area (Å²) in [6.07, 6.45) is 8.23. The first-order chi connectivity index (χ1) is 11.4. The fraction of sp³-hybridized carbons (Fsp3) is 0.500. The summed E-state index contributed by atoms with van der Waals surface area (Å²) in [7, 11) is 0. The molecule has 23 heavy (non-hydrogen) atoms. The second kappa shape index (κ2) is 5.97. The molecule has 118 valence electrons. The summed E-state index contributed by atoms with van der Waals surface area (Å²) < 4.78 is 1.78. The Bertz CT molecular complexity index is 848. The van der Waals surface area contributed by atoms with Crippen molar-refractivity contribution in [2.45, 2.75) is 31.6 Å². The molecular formula is C16H19N7. The second-order valence-corrected chi connectivity index (χ2v) is 6.26. The minimum atomic E-state index is 0.438. The maximum Gasteiger partial charge on any atom is 0.141 e. The molecule has 0 amide bonds. The Morgan fingerprint density at radius 3 is 3.04 bits per heavy atom. The highest BCUT2D eigenvalue weighted by Gasteiger charge is 2.26. The van der Waals surface area contributed by atoms with Crippen LogP contribution in [-0.2, 0) is 0 Å². The fourth-order valence-electron chi connectivity index (χ4n) is 3.67. The summed E-state index contributed by atoms with van der Waals surface area (Å²) in [5.74, 6) is 1.12. The van der Waals surface area contributed by atoms with Gasteiger partial charge in [-0.05, 0) is 44.2 Å². The zero-order valence-electron chi connectivity index (χ0n) is 12.9. The summed E-state index contributed by atoms with van der Waals surface area (Å²) in [5, 5.41) is 21.6. The summed E-state index contributed by atoms with van der Waals surface area (Å²) in [5.41, 5.74) is 3.07. The number of nitrogens with zero attached hydrogens (tertiary/aromatic N) is 5. The topological polar surface area (TPSA) is 94.7 Å². The van der Waals surface area contributed by atoms with Gasteiger partial charge in [-0.25, -0.2) is 9.50 Å². The van der Waals surface area contributed by atoms with Gasteiger partial charge >= 0.3 is 0 Å². The number of aromatic nitrogens is 5. The largest absolute Gasteiger partial charge is 0.346 e. The Morgan fingerprint density at radius 2 is 2.22 bits per heavy atom. The number of fused-ring (bicyclic) bond motifs is 3. The molecule has 2 N–H and O–H groups in total. The third-order valence-electron chi connectivity index (χ3n) is 4.87. The third-order valence-corrected chi connectivity index (χ3v) is 4.87. The summed E-state index contributed by atoms with van der Waals surface area (Å²) in [6.45, 7) is 1.38. The zero-order chi connectivity index (χ0) is 15.6. The lowest BCUT2D eigenvalue weighted by molar-refractivity contribution is 0.315. The van der Waals surface area contributed by atoms with Gasteiger partial charge in [-0.3, -0.25) is 0 Å². The molecule has 0 aliphatic heterocycles. The highest BCUT2D eigenvalue weighted by Crippen LogP contribution is 2.37. The molecule has 7 nitrogen and oxygen atoms in total. The van der Waals surface area contributed by atoms with Crippen LogP contribution in [0, 0.1) is 17.2 Å². The maximum atomic E-state index is 8.59. The maximum absolute atomic E-state index is 8.59. The van der Waals surface area contributed by atoms with Crippen molar-refractivity contribution in [3.8, 4) is 6.07 Å². The smallest absolute Gasteiger partial charge is 0.141 e. The number of nitrogens with one attached hydrogen (secondary N) is 2. The predicted molar refractivity (Wildman–Crippen MR) is 85.8 cm³/mol. The van der Waals surface area contributed by atoms with Gasteiger partial charge in [0.2, 0.25) is 0 Å². The Hall–Kier alpha value is -2.46. The molecule has 0 bridgehead atoms. The lowest BCUT2D eigenvalue weighted by Crippen LogP contribution is -2.26. The number of aromatic amines is 1. The Balaban J connectivity index is 1.54. The first-order valence-electron chi connectivity index (χ1n) is 8.11. The summed E-state index contributed by atoms with van der Waals surface area (Å²) in [4.78, 5) is 7.50. The van der Waals surface area contributed by atoms with Crippen LogP contribution in [0.4, 0.5) is 0 Å². The molecule has 0 atom stereocenters. The minimum Gasteiger partial charge on any atom is -0.346 e. The van der Waals surface area contributed by atoms with Gasteiger partial charge in [0.05, 0.1) is 18.3 Å². The summed E-state index contributed by atoms with van der Waals surface area (Å²) >= 11 is 0. The number of rotatable bonds is 4. The lowest BCUT2D eigenvalue weighted by Gasteiger charge is -2.27. The monoisotopic (exact) mass is 309 g/mol. The van der Waals surface area contributed by atoms with Crippen molar-refractivity contribution in [2.24, 2.45) is 5.92 Å². The molecular weight excluding hydrogens is 290 g/mol. The lowest BCUT2D eigenvalue weighted by atomic mass is 9.80. The first-order valence-corrected chi connectivity index (χ1v) is 8.11. The normalized spacial score (nSPS) is 21.7.